The molecular formula is C25H16N4O2S. The number of furan rings is 2. The van der Waals surface area contributed by atoms with Crippen LogP contribution in [-0.4, -0.2) is 20.6 Å². The SMILES string of the molecule is c1ccc(-c2cc(-c3nnn[nH]3)sc2-c2ccccc2-c2ccoc2)c(-c2ccoc2)c1. The highest BCUT2D eigenvalue weighted by Crippen LogP contribution is 2.47. The average Bonchev–Trinajstić information content (AvgIpc) is 3.66. The van der Waals surface area contributed by atoms with Crippen LogP contribution in [0.3, 0.4) is 0 Å². The van der Waals surface area contributed by atoms with Gasteiger partial charge in [-0.2, -0.15) is 0 Å². The maximum Gasteiger partial charge on any atom is 0.189 e. The first-order valence-electron chi connectivity index (χ1n) is 10.0. The number of nitrogens with one attached hydrogen (secondary N) is 1. The molecule has 0 fully saturated rings. The molecule has 32 heavy (non-hydrogen) atoms. The summed E-state index contributed by atoms with van der Waals surface area (Å²) >= 11 is 1.65. The number of hydrogen-bond donors (Lipinski definition) is 1. The summed E-state index contributed by atoms with van der Waals surface area (Å²) < 4.78 is 10.7. The Balaban J connectivity index is 1.62. The molecule has 6 rings (SSSR count). The molecule has 154 valence electrons. The maximum absolute atomic E-state index is 5.37. The van der Waals surface area contributed by atoms with E-state index in [0.29, 0.717) is 5.82 Å². The molecule has 0 saturated carbocycles. The lowest BCUT2D eigenvalue weighted by Gasteiger charge is -2.12. The van der Waals surface area contributed by atoms with Crippen LogP contribution in [0, 0.1) is 0 Å². The number of H-pyrrole nitrogens is 1. The number of thiophene rings is 1. The van der Waals surface area contributed by atoms with E-state index in [9.17, 15) is 0 Å². The number of rotatable bonds is 5. The van der Waals surface area contributed by atoms with Crippen LogP contribution in [0.15, 0.2) is 101 Å². The van der Waals surface area contributed by atoms with Gasteiger partial charge in [-0.25, -0.2) is 5.10 Å². The predicted octanol–water partition coefficient (Wildman–Crippen LogP) is 6.78. The summed E-state index contributed by atoms with van der Waals surface area (Å²) in [6.07, 6.45) is 6.93. The van der Waals surface area contributed by atoms with Crippen LogP contribution >= 0.6 is 11.3 Å². The fraction of sp³-hybridized carbons (Fsp3) is 0. The van der Waals surface area contributed by atoms with E-state index >= 15 is 0 Å². The fourth-order valence-electron chi connectivity index (χ4n) is 3.91. The Morgan fingerprint density at radius 2 is 1.31 bits per heavy atom. The number of benzene rings is 2. The van der Waals surface area contributed by atoms with Gasteiger partial charge in [0.15, 0.2) is 5.82 Å². The minimum absolute atomic E-state index is 0.643. The monoisotopic (exact) mass is 436 g/mol. The largest absolute Gasteiger partial charge is 0.472 e. The van der Waals surface area contributed by atoms with Crippen LogP contribution in [0.25, 0.3) is 54.5 Å². The minimum atomic E-state index is 0.643. The number of aromatic amines is 1. The molecule has 1 N–H and O–H groups in total. The Morgan fingerprint density at radius 3 is 1.91 bits per heavy atom. The summed E-state index contributed by atoms with van der Waals surface area (Å²) in [6.45, 7) is 0. The van der Waals surface area contributed by atoms with Gasteiger partial charge in [0.25, 0.3) is 0 Å². The zero-order chi connectivity index (χ0) is 21.3. The second-order valence-corrected chi connectivity index (χ2v) is 8.27. The van der Waals surface area contributed by atoms with E-state index in [-0.39, 0.29) is 0 Å². The zero-order valence-corrected chi connectivity index (χ0v) is 17.5. The highest BCUT2D eigenvalue weighted by atomic mass is 32.1. The second kappa shape index (κ2) is 7.79. The summed E-state index contributed by atoms with van der Waals surface area (Å²) in [4.78, 5) is 2.09. The Labute approximate surface area is 187 Å². The van der Waals surface area contributed by atoms with Crippen molar-refractivity contribution in [2.45, 2.75) is 0 Å². The molecule has 0 amide bonds. The molecule has 0 aliphatic carbocycles. The topological polar surface area (TPSA) is 80.7 Å². The normalized spacial score (nSPS) is 11.1. The van der Waals surface area contributed by atoms with Gasteiger partial charge < -0.3 is 8.83 Å². The van der Waals surface area contributed by atoms with Gasteiger partial charge in [-0.05, 0) is 45.3 Å². The van der Waals surface area contributed by atoms with Crippen molar-refractivity contribution in [3.63, 3.8) is 0 Å². The van der Waals surface area contributed by atoms with Gasteiger partial charge in [-0.1, -0.05) is 48.5 Å². The first-order valence-corrected chi connectivity index (χ1v) is 10.8. The van der Waals surface area contributed by atoms with E-state index in [2.05, 4.69) is 63.1 Å². The summed E-state index contributed by atoms with van der Waals surface area (Å²) in [5.74, 6) is 0.643. The molecule has 0 spiro atoms. The van der Waals surface area contributed by atoms with Crippen molar-refractivity contribution in [1.82, 2.24) is 20.6 Å². The van der Waals surface area contributed by atoms with Crippen molar-refractivity contribution >= 4 is 11.3 Å². The standard InChI is InChI=1S/C25H16N4O2S/c1-3-7-20(18(5-1)16-9-11-30-14-16)22-13-23(25-26-28-29-27-25)32-24(22)21-8-4-2-6-19(21)17-10-12-31-15-17/h1-15H,(H,26,27,28,29). The van der Waals surface area contributed by atoms with Gasteiger partial charge in [0.2, 0.25) is 0 Å². The molecule has 0 aliphatic heterocycles. The first-order chi connectivity index (χ1) is 15.9. The van der Waals surface area contributed by atoms with Crippen molar-refractivity contribution < 1.29 is 8.83 Å². The summed E-state index contributed by atoms with van der Waals surface area (Å²) in [6, 6.07) is 22.8. The molecule has 2 aromatic carbocycles. The molecular weight excluding hydrogens is 420 g/mol. The molecule has 0 unspecified atom stereocenters. The lowest BCUT2D eigenvalue weighted by molar-refractivity contribution is 0.568. The van der Waals surface area contributed by atoms with Crippen molar-refractivity contribution in [3.8, 4) is 54.5 Å². The van der Waals surface area contributed by atoms with Crippen molar-refractivity contribution in [2.24, 2.45) is 0 Å². The van der Waals surface area contributed by atoms with Gasteiger partial charge in [0.05, 0.1) is 29.9 Å². The molecule has 4 aromatic heterocycles. The van der Waals surface area contributed by atoms with E-state index in [4.69, 9.17) is 8.83 Å². The van der Waals surface area contributed by atoms with Crippen molar-refractivity contribution in [1.29, 1.82) is 0 Å². The number of tetrazole rings is 1. The molecule has 0 bridgehead atoms. The van der Waals surface area contributed by atoms with E-state index < -0.39 is 0 Å². The molecule has 7 heteroatoms. The van der Waals surface area contributed by atoms with E-state index in [0.717, 1.165) is 48.7 Å². The van der Waals surface area contributed by atoms with Crippen LogP contribution < -0.4 is 0 Å². The van der Waals surface area contributed by atoms with Gasteiger partial charge in [0, 0.05) is 27.1 Å². The molecule has 0 radical (unpaired) electrons. The van der Waals surface area contributed by atoms with Crippen LogP contribution in [0.4, 0.5) is 0 Å². The number of hydrogen-bond acceptors (Lipinski definition) is 6. The first kappa shape index (κ1) is 18.5. The molecule has 6 nitrogen and oxygen atoms in total. The third kappa shape index (κ3) is 3.16. The van der Waals surface area contributed by atoms with Crippen LogP contribution in [0.2, 0.25) is 0 Å². The maximum atomic E-state index is 5.37. The van der Waals surface area contributed by atoms with Gasteiger partial charge in [-0.3, -0.25) is 0 Å². The Morgan fingerprint density at radius 1 is 0.688 bits per heavy atom. The number of aromatic nitrogens is 4. The molecule has 4 heterocycles. The Bertz CT molecular complexity index is 1370. The summed E-state index contributed by atoms with van der Waals surface area (Å²) in [5.41, 5.74) is 7.61. The van der Waals surface area contributed by atoms with Crippen molar-refractivity contribution in [3.05, 3.63) is 91.8 Å². The lowest BCUT2D eigenvalue weighted by Crippen LogP contribution is -1.86. The Kier molecular flexibility index (Phi) is 4.51. The minimum Gasteiger partial charge on any atom is -0.472 e. The average molecular weight is 436 g/mol. The smallest absolute Gasteiger partial charge is 0.189 e. The third-order valence-corrected chi connectivity index (χ3v) is 6.54. The number of nitrogens with zero attached hydrogens (tertiary/aromatic N) is 3. The molecule has 0 aliphatic rings. The second-order valence-electron chi connectivity index (χ2n) is 7.22. The third-order valence-electron chi connectivity index (χ3n) is 5.36. The van der Waals surface area contributed by atoms with Gasteiger partial charge in [0.1, 0.15) is 0 Å². The summed E-state index contributed by atoms with van der Waals surface area (Å²) in [5, 5.41) is 14.5. The fourth-order valence-corrected chi connectivity index (χ4v) is 5.06. The highest BCUT2D eigenvalue weighted by molar-refractivity contribution is 7.19. The summed E-state index contributed by atoms with van der Waals surface area (Å²) in [7, 11) is 0. The lowest BCUT2D eigenvalue weighted by atomic mass is 9.92. The van der Waals surface area contributed by atoms with Crippen molar-refractivity contribution in [2.75, 3.05) is 0 Å². The molecule has 6 aromatic rings. The molecule has 0 saturated heterocycles. The Hall–Kier alpha value is -4.23. The van der Waals surface area contributed by atoms with E-state index in [1.54, 1.807) is 36.4 Å². The highest BCUT2D eigenvalue weighted by Gasteiger charge is 2.21. The van der Waals surface area contributed by atoms with Crippen LogP contribution in [-0.2, 0) is 0 Å². The van der Waals surface area contributed by atoms with E-state index in [1.807, 2.05) is 24.3 Å². The van der Waals surface area contributed by atoms with E-state index in [1.165, 1.54) is 0 Å². The molecule has 0 atom stereocenters. The van der Waals surface area contributed by atoms with Gasteiger partial charge in [-0.15, -0.1) is 16.4 Å². The quantitative estimate of drug-likeness (QED) is 0.322. The zero-order valence-electron chi connectivity index (χ0n) is 16.7. The predicted molar refractivity (Wildman–Crippen MR) is 124 cm³/mol. The van der Waals surface area contributed by atoms with Crippen LogP contribution in [0.1, 0.15) is 0 Å². The van der Waals surface area contributed by atoms with Crippen LogP contribution in [0.5, 0.6) is 0 Å². The van der Waals surface area contributed by atoms with Gasteiger partial charge >= 0.3 is 0 Å².